The Hall–Kier alpha value is -2.14. The lowest BCUT2D eigenvalue weighted by Crippen LogP contribution is -2.40. The molecule has 1 aliphatic heterocycles. The van der Waals surface area contributed by atoms with E-state index in [1.165, 1.54) is 43.7 Å². The van der Waals surface area contributed by atoms with Crippen LogP contribution in [0.4, 0.5) is 13.2 Å². The summed E-state index contributed by atoms with van der Waals surface area (Å²) >= 11 is 0. The molecule has 1 heterocycles. The van der Waals surface area contributed by atoms with Gasteiger partial charge in [-0.3, -0.25) is 4.79 Å². The Labute approximate surface area is 194 Å². The fraction of sp³-hybridized carbons (Fsp3) is 0.536. The number of benzene rings is 2. The molecule has 0 amide bonds. The topological polar surface area (TPSA) is 29.1 Å². The van der Waals surface area contributed by atoms with Crippen LogP contribution in [0.5, 0.6) is 0 Å². The van der Waals surface area contributed by atoms with E-state index in [1.807, 2.05) is 0 Å². The maximum atomic E-state index is 13.3. The van der Waals surface area contributed by atoms with Gasteiger partial charge in [-0.2, -0.15) is 13.2 Å². The summed E-state index contributed by atoms with van der Waals surface area (Å²) in [6.45, 7) is 1.60. The molecule has 2 bridgehead atoms. The van der Waals surface area contributed by atoms with E-state index in [0.29, 0.717) is 29.5 Å². The summed E-state index contributed by atoms with van der Waals surface area (Å²) in [5.74, 6) is 1.43. The molecule has 2 aromatic rings. The van der Waals surface area contributed by atoms with Gasteiger partial charge in [-0.1, -0.05) is 43.2 Å². The number of nitrogens with one attached hydrogen (secondary N) is 1. The van der Waals surface area contributed by atoms with Crippen LogP contribution in [0.1, 0.15) is 83.5 Å². The van der Waals surface area contributed by atoms with E-state index in [4.69, 9.17) is 0 Å². The summed E-state index contributed by atoms with van der Waals surface area (Å²) in [5.41, 5.74) is 2.59. The van der Waals surface area contributed by atoms with Gasteiger partial charge in [0, 0.05) is 30.0 Å². The Morgan fingerprint density at radius 2 is 1.82 bits per heavy atom. The minimum atomic E-state index is -4.40. The minimum Gasteiger partial charge on any atom is -0.310 e. The second-order valence-corrected chi connectivity index (χ2v) is 10.4. The van der Waals surface area contributed by atoms with Gasteiger partial charge in [0.1, 0.15) is 0 Å². The van der Waals surface area contributed by atoms with Crippen LogP contribution in [-0.2, 0) is 12.6 Å². The largest absolute Gasteiger partial charge is 0.416 e. The Morgan fingerprint density at radius 3 is 2.39 bits per heavy atom. The Balaban J connectivity index is 1.36. The van der Waals surface area contributed by atoms with Gasteiger partial charge in [-0.25, -0.2) is 0 Å². The molecule has 5 heteroatoms. The quantitative estimate of drug-likeness (QED) is 0.441. The number of Topliss-reactive ketones (excluding diaryl/α,β-unsaturated/α-hetero) is 1. The Morgan fingerprint density at radius 1 is 1.06 bits per heavy atom. The highest BCUT2D eigenvalue weighted by atomic mass is 19.4. The molecule has 0 radical (unpaired) electrons. The van der Waals surface area contributed by atoms with Gasteiger partial charge in [-0.05, 0) is 79.7 Å². The number of piperidine rings is 1. The van der Waals surface area contributed by atoms with Gasteiger partial charge >= 0.3 is 6.18 Å². The van der Waals surface area contributed by atoms with Crippen LogP contribution in [0, 0.1) is 18.8 Å². The van der Waals surface area contributed by atoms with Crippen LogP contribution in [0.15, 0.2) is 42.5 Å². The van der Waals surface area contributed by atoms with Gasteiger partial charge in [-0.15, -0.1) is 0 Å². The van der Waals surface area contributed by atoms with Crippen LogP contribution >= 0.6 is 0 Å². The normalized spacial score (nSPS) is 25.4. The molecule has 4 atom stereocenters. The predicted octanol–water partition coefficient (Wildman–Crippen LogP) is 6.85. The van der Waals surface area contributed by atoms with E-state index in [0.717, 1.165) is 36.5 Å². The monoisotopic (exact) mass is 455 g/mol. The lowest BCUT2D eigenvalue weighted by Gasteiger charge is -2.32. The molecule has 3 fully saturated rings. The van der Waals surface area contributed by atoms with Crippen molar-refractivity contribution in [2.24, 2.45) is 11.8 Å². The average Bonchev–Trinajstić information content (AvgIpc) is 3.38. The van der Waals surface area contributed by atoms with Crippen molar-refractivity contribution in [3.63, 3.8) is 0 Å². The van der Waals surface area contributed by atoms with E-state index < -0.39 is 11.7 Å². The molecule has 0 spiro atoms. The second kappa shape index (κ2) is 8.90. The first-order chi connectivity index (χ1) is 15.8. The first-order valence-electron chi connectivity index (χ1n) is 12.3. The number of rotatable bonds is 8. The molecule has 176 valence electrons. The zero-order valence-corrected chi connectivity index (χ0v) is 19.1. The highest BCUT2D eigenvalue weighted by Crippen LogP contribution is 2.43. The molecule has 3 aliphatic rings. The summed E-state index contributed by atoms with van der Waals surface area (Å²) < 4.78 is 39.2. The van der Waals surface area contributed by atoms with Crippen molar-refractivity contribution in [3.05, 3.63) is 70.3 Å². The number of carbonyl (C=O) groups is 1. The van der Waals surface area contributed by atoms with Crippen LogP contribution in [0.25, 0.3) is 0 Å². The number of hydrogen-bond acceptors (Lipinski definition) is 2. The maximum absolute atomic E-state index is 13.3. The van der Waals surface area contributed by atoms with Crippen molar-refractivity contribution >= 4 is 5.78 Å². The lowest BCUT2D eigenvalue weighted by molar-refractivity contribution is -0.137. The first-order valence-corrected chi connectivity index (χ1v) is 12.3. The van der Waals surface area contributed by atoms with Crippen LogP contribution < -0.4 is 5.32 Å². The highest BCUT2D eigenvalue weighted by molar-refractivity contribution is 5.98. The number of halogens is 3. The molecule has 2 saturated carbocycles. The third kappa shape index (κ3) is 5.03. The molecule has 0 aromatic heterocycles. The van der Waals surface area contributed by atoms with Gasteiger partial charge in [0.05, 0.1) is 5.56 Å². The molecule has 1 N–H and O–H groups in total. The van der Waals surface area contributed by atoms with E-state index in [1.54, 1.807) is 6.92 Å². The average molecular weight is 456 g/mol. The van der Waals surface area contributed by atoms with Gasteiger partial charge in [0.25, 0.3) is 0 Å². The molecule has 1 saturated heterocycles. The number of hydrogen-bond donors (Lipinski definition) is 1. The summed E-state index contributed by atoms with van der Waals surface area (Å²) in [7, 11) is 0. The van der Waals surface area contributed by atoms with Gasteiger partial charge in [0.2, 0.25) is 0 Å². The molecular formula is C28H32F3NO. The smallest absolute Gasteiger partial charge is 0.310 e. The lowest BCUT2D eigenvalue weighted by atomic mass is 9.79. The molecule has 2 aromatic carbocycles. The first kappa shape index (κ1) is 22.6. The van der Waals surface area contributed by atoms with Crippen molar-refractivity contribution < 1.29 is 18.0 Å². The SMILES string of the molecule is Cc1cc(C(F)(F)F)ccc1C(=O)C[C@@H](c1ccc(CCC2CC2)cc1)C1N[C@@H]2CC[C@H]1C2. The third-order valence-corrected chi connectivity index (χ3v) is 8.05. The van der Waals surface area contributed by atoms with Gasteiger partial charge in [0.15, 0.2) is 5.78 Å². The molecule has 5 rings (SSSR count). The zero-order valence-electron chi connectivity index (χ0n) is 19.1. The molecule has 1 unspecified atom stereocenters. The predicted molar refractivity (Wildman–Crippen MR) is 123 cm³/mol. The van der Waals surface area contributed by atoms with E-state index in [2.05, 4.69) is 29.6 Å². The Kier molecular flexibility index (Phi) is 6.11. The van der Waals surface area contributed by atoms with E-state index in [-0.39, 0.29) is 17.7 Å². The molecule has 2 nitrogen and oxygen atoms in total. The summed E-state index contributed by atoms with van der Waals surface area (Å²) in [5, 5.41) is 3.75. The fourth-order valence-electron chi connectivity index (χ4n) is 5.97. The van der Waals surface area contributed by atoms with Crippen LogP contribution in [-0.4, -0.2) is 17.9 Å². The Bertz CT molecular complexity index is 1010. The van der Waals surface area contributed by atoms with Crippen molar-refractivity contribution in [3.8, 4) is 0 Å². The van der Waals surface area contributed by atoms with Gasteiger partial charge < -0.3 is 5.32 Å². The van der Waals surface area contributed by atoms with Crippen molar-refractivity contribution in [2.75, 3.05) is 0 Å². The highest BCUT2D eigenvalue weighted by Gasteiger charge is 2.43. The molecule has 2 aliphatic carbocycles. The number of alkyl halides is 3. The van der Waals surface area contributed by atoms with E-state index in [9.17, 15) is 18.0 Å². The summed E-state index contributed by atoms with van der Waals surface area (Å²) in [6, 6.07) is 13.0. The zero-order chi connectivity index (χ0) is 23.2. The number of carbonyl (C=O) groups excluding carboxylic acids is 1. The fourth-order valence-corrected chi connectivity index (χ4v) is 5.97. The summed E-state index contributed by atoms with van der Waals surface area (Å²) in [6.07, 6.45) is 4.54. The number of fused-ring (bicyclic) bond motifs is 2. The summed E-state index contributed by atoms with van der Waals surface area (Å²) in [4.78, 5) is 13.3. The standard InChI is InChI=1S/C28H32F3NO/c1-17-14-22(28(29,30)31)11-13-24(17)26(33)16-25(27-21-10-12-23(15-21)32-27)20-8-6-19(7-9-20)5-4-18-2-3-18/h6-9,11,13-14,18,21,23,25,27,32H,2-5,10,12,15-16H2,1H3/t21-,23+,25-,27?/m0/s1. The number of aryl methyl sites for hydroxylation is 2. The molecule has 33 heavy (non-hydrogen) atoms. The minimum absolute atomic E-state index is 0.0342. The maximum Gasteiger partial charge on any atom is 0.416 e. The van der Waals surface area contributed by atoms with Crippen LogP contribution in [0.3, 0.4) is 0 Å². The van der Waals surface area contributed by atoms with E-state index >= 15 is 0 Å². The number of ketones is 1. The molecular weight excluding hydrogens is 423 g/mol. The van der Waals surface area contributed by atoms with Crippen molar-refractivity contribution in [1.29, 1.82) is 0 Å². The van der Waals surface area contributed by atoms with Crippen molar-refractivity contribution in [1.82, 2.24) is 5.32 Å². The van der Waals surface area contributed by atoms with Crippen LogP contribution in [0.2, 0.25) is 0 Å². The second-order valence-electron chi connectivity index (χ2n) is 10.4. The van der Waals surface area contributed by atoms with Crippen molar-refractivity contribution in [2.45, 2.75) is 82.5 Å². The third-order valence-electron chi connectivity index (χ3n) is 8.05.